The van der Waals surface area contributed by atoms with Gasteiger partial charge in [0.2, 0.25) is 6.79 Å². The number of cyclic esters (lactones) is 1. The molecule has 0 spiro atoms. The van der Waals surface area contributed by atoms with E-state index in [-0.39, 0.29) is 19.2 Å². The zero-order valence-corrected chi connectivity index (χ0v) is 13.3. The van der Waals surface area contributed by atoms with Crippen LogP contribution in [0.5, 0.6) is 11.5 Å². The summed E-state index contributed by atoms with van der Waals surface area (Å²) in [5.41, 5.74) is 1.24. The van der Waals surface area contributed by atoms with Crippen LogP contribution in [0.1, 0.15) is 10.4 Å². The number of carbonyl (C=O) groups excluding carboxylic acids is 2. The van der Waals surface area contributed by atoms with Crippen LogP contribution in [0.15, 0.2) is 48.5 Å². The van der Waals surface area contributed by atoms with Gasteiger partial charge in [0.25, 0.3) is 5.91 Å². The predicted molar refractivity (Wildman–Crippen MR) is 89.0 cm³/mol. The number of anilines is 1. The van der Waals surface area contributed by atoms with Gasteiger partial charge in [0.1, 0.15) is 6.10 Å². The number of hydrogen-bond acceptors (Lipinski definition) is 5. The molecule has 7 nitrogen and oxygen atoms in total. The van der Waals surface area contributed by atoms with Gasteiger partial charge < -0.3 is 19.5 Å². The smallest absolute Gasteiger partial charge is 0.414 e. The SMILES string of the molecule is O=C(NCC1CN(c2ccccc2)C(=O)O1)c1ccc2c(c1)OCO2. The van der Waals surface area contributed by atoms with Crippen molar-refractivity contribution in [2.75, 3.05) is 24.8 Å². The second kappa shape index (κ2) is 6.35. The highest BCUT2D eigenvalue weighted by atomic mass is 16.7. The van der Waals surface area contributed by atoms with E-state index in [1.54, 1.807) is 23.1 Å². The first-order valence-electron chi connectivity index (χ1n) is 7.92. The van der Waals surface area contributed by atoms with Gasteiger partial charge in [0, 0.05) is 11.3 Å². The van der Waals surface area contributed by atoms with Crippen LogP contribution >= 0.6 is 0 Å². The van der Waals surface area contributed by atoms with E-state index in [2.05, 4.69) is 5.32 Å². The summed E-state index contributed by atoms with van der Waals surface area (Å²) in [7, 11) is 0. The summed E-state index contributed by atoms with van der Waals surface area (Å²) in [6.07, 6.45) is -0.806. The molecule has 1 saturated heterocycles. The Balaban J connectivity index is 1.36. The molecule has 1 atom stereocenters. The van der Waals surface area contributed by atoms with Gasteiger partial charge in [-0.2, -0.15) is 0 Å². The second-order valence-corrected chi connectivity index (χ2v) is 5.73. The van der Waals surface area contributed by atoms with Crippen LogP contribution in [0.25, 0.3) is 0 Å². The van der Waals surface area contributed by atoms with Gasteiger partial charge in [-0.15, -0.1) is 0 Å². The minimum Gasteiger partial charge on any atom is -0.454 e. The lowest BCUT2D eigenvalue weighted by Crippen LogP contribution is -2.34. The van der Waals surface area contributed by atoms with Gasteiger partial charge in [0.15, 0.2) is 11.5 Å². The van der Waals surface area contributed by atoms with Crippen LogP contribution in [-0.4, -0.2) is 38.0 Å². The largest absolute Gasteiger partial charge is 0.454 e. The number of para-hydroxylation sites is 1. The molecule has 2 heterocycles. The van der Waals surface area contributed by atoms with Crippen molar-refractivity contribution in [2.45, 2.75) is 6.10 Å². The molecule has 2 aromatic rings. The number of nitrogens with zero attached hydrogens (tertiary/aromatic N) is 1. The van der Waals surface area contributed by atoms with Crippen molar-refractivity contribution in [3.63, 3.8) is 0 Å². The average Bonchev–Trinajstić information content (AvgIpc) is 3.26. The number of rotatable bonds is 4. The van der Waals surface area contributed by atoms with Crippen molar-refractivity contribution >= 4 is 17.7 Å². The number of ether oxygens (including phenoxy) is 3. The van der Waals surface area contributed by atoms with Crippen LogP contribution in [0.2, 0.25) is 0 Å². The number of amides is 2. The lowest BCUT2D eigenvalue weighted by Gasteiger charge is -2.12. The monoisotopic (exact) mass is 340 g/mol. The normalized spacial score (nSPS) is 18.2. The standard InChI is InChI=1S/C18H16N2O5/c21-17(12-6-7-15-16(8-12)24-11-23-15)19-9-14-10-20(18(22)25-14)13-4-2-1-3-5-13/h1-8,14H,9-11H2,(H,19,21). The molecule has 1 unspecified atom stereocenters. The number of hydrogen-bond donors (Lipinski definition) is 1. The van der Waals surface area contributed by atoms with Crippen molar-refractivity contribution in [3.05, 3.63) is 54.1 Å². The second-order valence-electron chi connectivity index (χ2n) is 5.73. The van der Waals surface area contributed by atoms with Crippen LogP contribution in [0.3, 0.4) is 0 Å². The van der Waals surface area contributed by atoms with E-state index in [4.69, 9.17) is 14.2 Å². The molecule has 4 rings (SSSR count). The minimum absolute atomic E-state index is 0.160. The van der Waals surface area contributed by atoms with E-state index in [9.17, 15) is 9.59 Å². The predicted octanol–water partition coefficient (Wildman–Crippen LogP) is 2.17. The highest BCUT2D eigenvalue weighted by molar-refractivity contribution is 5.95. The fraction of sp³-hybridized carbons (Fsp3) is 0.222. The van der Waals surface area contributed by atoms with E-state index in [0.29, 0.717) is 23.6 Å². The van der Waals surface area contributed by atoms with E-state index < -0.39 is 12.2 Å². The molecule has 2 aromatic carbocycles. The Kier molecular flexibility index (Phi) is 3.89. The molecule has 25 heavy (non-hydrogen) atoms. The number of benzene rings is 2. The fourth-order valence-corrected chi connectivity index (χ4v) is 2.79. The zero-order valence-electron chi connectivity index (χ0n) is 13.3. The van der Waals surface area contributed by atoms with E-state index >= 15 is 0 Å². The zero-order chi connectivity index (χ0) is 17.2. The van der Waals surface area contributed by atoms with Gasteiger partial charge in [-0.1, -0.05) is 18.2 Å². The highest BCUT2D eigenvalue weighted by Crippen LogP contribution is 2.32. The van der Waals surface area contributed by atoms with E-state index in [1.807, 2.05) is 30.3 Å². The molecule has 0 saturated carbocycles. The third kappa shape index (κ3) is 3.08. The Labute approximate surface area is 144 Å². The van der Waals surface area contributed by atoms with Gasteiger partial charge >= 0.3 is 6.09 Å². The molecule has 2 aliphatic heterocycles. The van der Waals surface area contributed by atoms with Crippen LogP contribution in [-0.2, 0) is 4.74 Å². The Morgan fingerprint density at radius 1 is 1.12 bits per heavy atom. The maximum Gasteiger partial charge on any atom is 0.414 e. The number of fused-ring (bicyclic) bond motifs is 1. The fourth-order valence-electron chi connectivity index (χ4n) is 2.79. The van der Waals surface area contributed by atoms with Crippen LogP contribution in [0, 0.1) is 0 Å². The summed E-state index contributed by atoms with van der Waals surface area (Å²) in [4.78, 5) is 25.8. The Bertz CT molecular complexity index is 808. The molecule has 1 N–H and O–H groups in total. The quantitative estimate of drug-likeness (QED) is 0.923. The maximum absolute atomic E-state index is 12.3. The summed E-state index contributed by atoms with van der Waals surface area (Å²) in [6, 6.07) is 14.3. The van der Waals surface area contributed by atoms with Crippen LogP contribution in [0.4, 0.5) is 10.5 Å². The summed E-state index contributed by atoms with van der Waals surface area (Å²) in [6.45, 7) is 0.792. The summed E-state index contributed by atoms with van der Waals surface area (Å²) in [5, 5.41) is 2.79. The average molecular weight is 340 g/mol. The molecule has 2 amide bonds. The molecule has 0 aromatic heterocycles. The molecule has 2 aliphatic rings. The summed E-state index contributed by atoms with van der Waals surface area (Å²) < 4.78 is 15.8. The van der Waals surface area contributed by atoms with E-state index in [1.165, 1.54) is 0 Å². The van der Waals surface area contributed by atoms with Crippen molar-refractivity contribution in [1.29, 1.82) is 0 Å². The Hall–Kier alpha value is -3.22. The molecule has 128 valence electrons. The van der Waals surface area contributed by atoms with Gasteiger partial charge in [-0.25, -0.2) is 4.79 Å². The third-order valence-corrected chi connectivity index (χ3v) is 4.07. The number of carbonyl (C=O) groups is 2. The topological polar surface area (TPSA) is 77.1 Å². The summed E-state index contributed by atoms with van der Waals surface area (Å²) >= 11 is 0. The minimum atomic E-state index is -0.409. The van der Waals surface area contributed by atoms with Gasteiger partial charge in [0.05, 0.1) is 13.1 Å². The summed E-state index contributed by atoms with van der Waals surface area (Å²) in [5.74, 6) is 0.919. The van der Waals surface area contributed by atoms with Crippen molar-refractivity contribution in [2.24, 2.45) is 0 Å². The molecule has 1 fully saturated rings. The van der Waals surface area contributed by atoms with Gasteiger partial charge in [-0.05, 0) is 30.3 Å². The molecule has 0 radical (unpaired) electrons. The number of nitrogens with one attached hydrogen (secondary N) is 1. The van der Waals surface area contributed by atoms with E-state index in [0.717, 1.165) is 5.69 Å². The van der Waals surface area contributed by atoms with Crippen molar-refractivity contribution in [3.8, 4) is 11.5 Å². The Morgan fingerprint density at radius 2 is 1.92 bits per heavy atom. The van der Waals surface area contributed by atoms with Gasteiger partial charge in [-0.3, -0.25) is 9.69 Å². The third-order valence-electron chi connectivity index (χ3n) is 4.07. The highest BCUT2D eigenvalue weighted by Gasteiger charge is 2.32. The first kappa shape index (κ1) is 15.3. The molecule has 0 aliphatic carbocycles. The molecular weight excluding hydrogens is 324 g/mol. The van der Waals surface area contributed by atoms with Crippen molar-refractivity contribution < 1.29 is 23.8 Å². The first-order chi connectivity index (χ1) is 12.2. The lowest BCUT2D eigenvalue weighted by atomic mass is 10.2. The van der Waals surface area contributed by atoms with Crippen LogP contribution < -0.4 is 19.7 Å². The first-order valence-corrected chi connectivity index (χ1v) is 7.92. The van der Waals surface area contributed by atoms with Crippen molar-refractivity contribution in [1.82, 2.24) is 5.32 Å². The maximum atomic E-state index is 12.3. The Morgan fingerprint density at radius 3 is 2.76 bits per heavy atom. The lowest BCUT2D eigenvalue weighted by molar-refractivity contribution is 0.0915. The molecule has 7 heteroatoms. The molecular formula is C18H16N2O5. The molecule has 0 bridgehead atoms.